The molecular weight excluding hydrogens is 228 g/mol. The van der Waals surface area contributed by atoms with E-state index in [4.69, 9.17) is 9.84 Å². The smallest absolute Gasteiger partial charge is 0.185 e. The third-order valence-corrected chi connectivity index (χ3v) is 3.79. The summed E-state index contributed by atoms with van der Waals surface area (Å²) in [6.07, 6.45) is 4.38. The zero-order chi connectivity index (χ0) is 12.7. The lowest BCUT2D eigenvalue weighted by Gasteiger charge is -2.24. The van der Waals surface area contributed by atoms with E-state index in [9.17, 15) is 4.79 Å². The average molecular weight is 242 g/mol. The summed E-state index contributed by atoms with van der Waals surface area (Å²) in [5, 5.41) is 9.17. The highest BCUT2D eigenvalue weighted by Gasteiger charge is 2.35. The second-order valence-corrected chi connectivity index (χ2v) is 4.66. The van der Waals surface area contributed by atoms with Crippen molar-refractivity contribution < 1.29 is 14.6 Å². The Bertz CT molecular complexity index is 581. The summed E-state index contributed by atoms with van der Waals surface area (Å²) in [4.78, 5) is 11.8. The van der Waals surface area contributed by atoms with Crippen molar-refractivity contribution in [3.8, 4) is 5.75 Å². The van der Waals surface area contributed by atoms with Crippen LogP contribution in [-0.4, -0.2) is 18.0 Å². The molecule has 0 radical (unpaired) electrons. The number of fused-ring (bicyclic) bond motifs is 3. The summed E-state index contributed by atoms with van der Waals surface area (Å²) in [5.41, 5.74) is 3.87. The van der Waals surface area contributed by atoms with Crippen LogP contribution < -0.4 is 4.74 Å². The van der Waals surface area contributed by atoms with E-state index in [2.05, 4.69) is 0 Å². The summed E-state index contributed by atoms with van der Waals surface area (Å²) < 4.78 is 5.22. The standard InChI is InChI=1S/C15H14O3/c1-18-10-3-5-11-9(6-10)2-4-12-13(11)7-15(17)14(12)8-16/h3,5-8,12,16H,2,4H2,1H3. The molecule has 2 aliphatic rings. The van der Waals surface area contributed by atoms with Crippen molar-refractivity contribution >= 4 is 11.4 Å². The van der Waals surface area contributed by atoms with Crippen LogP contribution in [0.5, 0.6) is 5.75 Å². The molecule has 0 bridgehead atoms. The minimum Gasteiger partial charge on any atom is -0.515 e. The zero-order valence-electron chi connectivity index (χ0n) is 10.1. The Balaban J connectivity index is 2.10. The maximum Gasteiger partial charge on any atom is 0.185 e. The minimum atomic E-state index is -0.0684. The molecule has 1 unspecified atom stereocenters. The number of aliphatic hydroxyl groups is 1. The number of ketones is 1. The van der Waals surface area contributed by atoms with Gasteiger partial charge in [0, 0.05) is 11.5 Å². The molecule has 0 saturated carbocycles. The molecule has 0 aromatic heterocycles. The SMILES string of the molecule is COc1ccc2c(c1)CCC1C(=CO)C(=O)C=C21. The predicted molar refractivity (Wildman–Crippen MR) is 68.5 cm³/mol. The fourth-order valence-corrected chi connectivity index (χ4v) is 2.88. The molecule has 2 aliphatic carbocycles. The third-order valence-electron chi connectivity index (χ3n) is 3.79. The Morgan fingerprint density at radius 3 is 3.00 bits per heavy atom. The Labute approximate surface area is 105 Å². The molecule has 1 N–H and O–H groups in total. The molecule has 3 heteroatoms. The number of hydrogen-bond donors (Lipinski definition) is 1. The van der Waals surface area contributed by atoms with Crippen molar-refractivity contribution in [2.75, 3.05) is 7.11 Å². The number of aryl methyl sites for hydroxylation is 1. The van der Waals surface area contributed by atoms with Crippen LogP contribution in [0.1, 0.15) is 17.5 Å². The van der Waals surface area contributed by atoms with Gasteiger partial charge in [-0.05, 0) is 47.8 Å². The van der Waals surface area contributed by atoms with Crippen LogP contribution in [0, 0.1) is 5.92 Å². The van der Waals surface area contributed by atoms with Crippen LogP contribution in [0.15, 0.2) is 36.1 Å². The highest BCUT2D eigenvalue weighted by atomic mass is 16.5. The summed E-state index contributed by atoms with van der Waals surface area (Å²) in [6, 6.07) is 5.93. The van der Waals surface area contributed by atoms with Crippen molar-refractivity contribution in [3.63, 3.8) is 0 Å². The van der Waals surface area contributed by atoms with E-state index in [0.29, 0.717) is 5.57 Å². The Kier molecular flexibility index (Phi) is 2.47. The molecule has 18 heavy (non-hydrogen) atoms. The molecule has 3 rings (SSSR count). The first-order chi connectivity index (χ1) is 8.74. The van der Waals surface area contributed by atoms with Crippen molar-refractivity contribution in [1.29, 1.82) is 0 Å². The number of ether oxygens (including phenoxy) is 1. The first-order valence-corrected chi connectivity index (χ1v) is 6.02. The van der Waals surface area contributed by atoms with Gasteiger partial charge in [-0.1, -0.05) is 6.07 Å². The largest absolute Gasteiger partial charge is 0.515 e. The van der Waals surface area contributed by atoms with Crippen molar-refractivity contribution in [2.24, 2.45) is 5.92 Å². The third kappa shape index (κ3) is 1.47. The first kappa shape index (κ1) is 11.1. The van der Waals surface area contributed by atoms with Gasteiger partial charge in [0.15, 0.2) is 5.78 Å². The lowest BCUT2D eigenvalue weighted by Crippen LogP contribution is -2.13. The van der Waals surface area contributed by atoms with E-state index in [1.54, 1.807) is 13.2 Å². The maximum absolute atomic E-state index is 11.8. The van der Waals surface area contributed by atoms with Crippen LogP contribution in [0.2, 0.25) is 0 Å². The van der Waals surface area contributed by atoms with E-state index < -0.39 is 0 Å². The van der Waals surface area contributed by atoms with Gasteiger partial charge < -0.3 is 9.84 Å². The molecule has 0 spiro atoms. The fourth-order valence-electron chi connectivity index (χ4n) is 2.88. The van der Waals surface area contributed by atoms with Gasteiger partial charge >= 0.3 is 0 Å². The monoisotopic (exact) mass is 242 g/mol. The average Bonchev–Trinajstić information content (AvgIpc) is 2.73. The molecule has 92 valence electrons. The van der Waals surface area contributed by atoms with E-state index in [1.165, 1.54) is 5.56 Å². The summed E-state index contributed by atoms with van der Waals surface area (Å²) in [5.74, 6) is 0.833. The van der Waals surface area contributed by atoms with Gasteiger partial charge in [-0.15, -0.1) is 0 Å². The van der Waals surface area contributed by atoms with Crippen molar-refractivity contribution in [2.45, 2.75) is 12.8 Å². The van der Waals surface area contributed by atoms with Gasteiger partial charge in [-0.3, -0.25) is 4.79 Å². The molecule has 0 fully saturated rings. The lowest BCUT2D eigenvalue weighted by atomic mass is 9.79. The molecular formula is C15H14O3. The maximum atomic E-state index is 11.8. The van der Waals surface area contributed by atoms with Crippen LogP contribution in [0.3, 0.4) is 0 Å². The second kappa shape index (κ2) is 4.02. The number of aliphatic hydroxyl groups excluding tert-OH is 1. The van der Waals surface area contributed by atoms with Crippen LogP contribution >= 0.6 is 0 Å². The highest BCUT2D eigenvalue weighted by molar-refractivity contribution is 6.15. The molecule has 0 aliphatic heterocycles. The van der Waals surface area contributed by atoms with E-state index >= 15 is 0 Å². The number of rotatable bonds is 1. The number of carbonyl (C=O) groups is 1. The molecule has 3 nitrogen and oxygen atoms in total. The second-order valence-electron chi connectivity index (χ2n) is 4.66. The molecule has 0 saturated heterocycles. The fraction of sp³-hybridized carbons (Fsp3) is 0.267. The lowest BCUT2D eigenvalue weighted by molar-refractivity contribution is -0.111. The van der Waals surface area contributed by atoms with Crippen molar-refractivity contribution in [1.82, 2.24) is 0 Å². The number of carbonyl (C=O) groups excluding carboxylic acids is 1. The van der Waals surface area contributed by atoms with Crippen LogP contribution in [-0.2, 0) is 11.2 Å². The quantitative estimate of drug-likeness (QED) is 0.608. The summed E-state index contributed by atoms with van der Waals surface area (Å²) in [6.45, 7) is 0. The molecule has 0 amide bonds. The van der Waals surface area contributed by atoms with Gasteiger partial charge in [0.05, 0.1) is 13.4 Å². The van der Waals surface area contributed by atoms with E-state index in [-0.39, 0.29) is 11.7 Å². The normalized spacial score (nSPS) is 23.6. The number of methoxy groups -OCH3 is 1. The van der Waals surface area contributed by atoms with E-state index in [0.717, 1.165) is 36.0 Å². The number of allylic oxidation sites excluding steroid dienone is 3. The summed E-state index contributed by atoms with van der Waals surface area (Å²) in [7, 11) is 1.65. The predicted octanol–water partition coefficient (Wildman–Crippen LogP) is 2.67. The molecule has 0 heterocycles. The molecule has 1 aromatic carbocycles. The molecule has 1 atom stereocenters. The Morgan fingerprint density at radius 2 is 2.28 bits per heavy atom. The van der Waals surface area contributed by atoms with Crippen LogP contribution in [0.25, 0.3) is 5.57 Å². The Hall–Kier alpha value is -2.03. The van der Waals surface area contributed by atoms with Gasteiger partial charge in [0.1, 0.15) is 5.75 Å². The van der Waals surface area contributed by atoms with Gasteiger partial charge in [-0.2, -0.15) is 0 Å². The molecule has 1 aromatic rings. The Morgan fingerprint density at radius 1 is 1.44 bits per heavy atom. The zero-order valence-corrected chi connectivity index (χ0v) is 10.1. The number of benzene rings is 1. The minimum absolute atomic E-state index is 0.0587. The van der Waals surface area contributed by atoms with E-state index in [1.807, 2.05) is 18.2 Å². The number of hydrogen-bond acceptors (Lipinski definition) is 3. The van der Waals surface area contributed by atoms with Crippen LogP contribution in [0.4, 0.5) is 0 Å². The highest BCUT2D eigenvalue weighted by Crippen LogP contribution is 2.44. The topological polar surface area (TPSA) is 46.5 Å². The summed E-state index contributed by atoms with van der Waals surface area (Å²) >= 11 is 0. The van der Waals surface area contributed by atoms with Gasteiger partial charge in [-0.25, -0.2) is 0 Å². The van der Waals surface area contributed by atoms with Crippen molar-refractivity contribution in [3.05, 3.63) is 47.2 Å². The van der Waals surface area contributed by atoms with Gasteiger partial charge in [0.25, 0.3) is 0 Å². The van der Waals surface area contributed by atoms with Gasteiger partial charge in [0.2, 0.25) is 0 Å². The first-order valence-electron chi connectivity index (χ1n) is 6.02.